The number of nitrogens with one attached hydrogen (secondary N) is 1. The second-order valence-corrected chi connectivity index (χ2v) is 9.09. The van der Waals surface area contributed by atoms with Crippen LogP contribution in [0.25, 0.3) is 0 Å². The number of anilines is 1. The summed E-state index contributed by atoms with van der Waals surface area (Å²) in [6.45, 7) is 0. The molecule has 0 aliphatic heterocycles. The number of hydrogen-bond donors (Lipinski definition) is 1. The highest BCUT2D eigenvalue weighted by atomic mass is 32.2. The number of sulfonamides is 1. The first-order chi connectivity index (χ1) is 13.8. The van der Waals surface area contributed by atoms with Crippen molar-refractivity contribution in [2.45, 2.75) is 25.3 Å². The van der Waals surface area contributed by atoms with Crippen molar-refractivity contribution in [3.8, 4) is 11.5 Å². The molecule has 29 heavy (non-hydrogen) atoms. The Hall–Kier alpha value is -2.74. The molecule has 0 spiro atoms. The Kier molecular flexibility index (Phi) is 6.02. The summed E-state index contributed by atoms with van der Waals surface area (Å²) in [7, 11) is 0.753. The molecule has 1 aliphatic carbocycles. The molecule has 8 heteroatoms. The number of fused-ring (bicyclic) bond motifs is 1. The summed E-state index contributed by atoms with van der Waals surface area (Å²) in [4.78, 5) is 13.2. The molecular formula is C21H26N2O5S. The molecule has 3 rings (SSSR count). The van der Waals surface area contributed by atoms with Crippen LogP contribution in [0.4, 0.5) is 5.69 Å². The van der Waals surface area contributed by atoms with Crippen LogP contribution in [0.1, 0.15) is 40.4 Å². The Labute approximate surface area is 171 Å². The van der Waals surface area contributed by atoms with E-state index in [1.165, 1.54) is 39.0 Å². The van der Waals surface area contributed by atoms with Crippen LogP contribution in [0.2, 0.25) is 0 Å². The van der Waals surface area contributed by atoms with Crippen LogP contribution in [-0.4, -0.2) is 41.8 Å². The van der Waals surface area contributed by atoms with Crippen molar-refractivity contribution in [1.29, 1.82) is 0 Å². The average Bonchev–Trinajstić information content (AvgIpc) is 2.71. The minimum Gasteiger partial charge on any atom is -0.493 e. The molecule has 0 fully saturated rings. The van der Waals surface area contributed by atoms with Crippen molar-refractivity contribution >= 4 is 21.6 Å². The van der Waals surface area contributed by atoms with Crippen molar-refractivity contribution in [2.75, 3.05) is 31.8 Å². The van der Waals surface area contributed by atoms with Gasteiger partial charge < -0.3 is 14.8 Å². The third kappa shape index (κ3) is 4.32. The summed E-state index contributed by atoms with van der Waals surface area (Å²) in [5.41, 5.74) is 2.76. The first kappa shape index (κ1) is 21.0. The number of aryl methyl sites for hydroxylation is 1. The maximum Gasteiger partial charge on any atom is 0.254 e. The van der Waals surface area contributed by atoms with Gasteiger partial charge in [-0.1, -0.05) is 24.3 Å². The summed E-state index contributed by atoms with van der Waals surface area (Å²) in [5.74, 6) is 0.336. The second kappa shape index (κ2) is 8.32. The molecule has 1 atom stereocenters. The van der Waals surface area contributed by atoms with Crippen LogP contribution < -0.4 is 19.1 Å². The van der Waals surface area contributed by atoms with Gasteiger partial charge in [-0.05, 0) is 36.5 Å². The lowest BCUT2D eigenvalue weighted by Crippen LogP contribution is -2.33. The maximum atomic E-state index is 13.2. The highest BCUT2D eigenvalue weighted by molar-refractivity contribution is 7.92. The van der Waals surface area contributed by atoms with Gasteiger partial charge in [-0.2, -0.15) is 0 Å². The fourth-order valence-electron chi connectivity index (χ4n) is 3.63. The lowest BCUT2D eigenvalue weighted by atomic mass is 9.87. The van der Waals surface area contributed by atoms with E-state index in [9.17, 15) is 13.2 Å². The number of carbonyl (C=O) groups is 1. The molecule has 0 radical (unpaired) electrons. The second-order valence-electron chi connectivity index (χ2n) is 7.07. The van der Waals surface area contributed by atoms with Crippen molar-refractivity contribution in [1.82, 2.24) is 5.32 Å². The predicted octanol–water partition coefficient (Wildman–Crippen LogP) is 2.91. The Morgan fingerprint density at radius 3 is 2.45 bits per heavy atom. The van der Waals surface area contributed by atoms with Gasteiger partial charge in [0.15, 0.2) is 11.5 Å². The molecule has 1 N–H and O–H groups in total. The van der Waals surface area contributed by atoms with Gasteiger partial charge in [-0.25, -0.2) is 8.42 Å². The molecule has 2 aromatic rings. The van der Waals surface area contributed by atoms with E-state index in [0.717, 1.165) is 35.4 Å². The normalized spacial score (nSPS) is 15.9. The zero-order valence-electron chi connectivity index (χ0n) is 17.1. The highest BCUT2D eigenvalue weighted by Gasteiger charge is 2.27. The zero-order chi connectivity index (χ0) is 21.2. The van der Waals surface area contributed by atoms with E-state index < -0.39 is 10.0 Å². The van der Waals surface area contributed by atoms with Crippen molar-refractivity contribution in [3.63, 3.8) is 0 Å². The molecule has 0 saturated carbocycles. The molecule has 1 unspecified atom stereocenters. The number of carbonyl (C=O) groups excluding carboxylic acids is 1. The third-order valence-electron chi connectivity index (χ3n) is 5.26. The fourth-order valence-corrected chi connectivity index (χ4v) is 4.14. The molecule has 0 heterocycles. The van der Waals surface area contributed by atoms with Gasteiger partial charge in [0, 0.05) is 13.1 Å². The molecule has 0 aromatic heterocycles. The van der Waals surface area contributed by atoms with E-state index in [0.29, 0.717) is 11.5 Å². The SMILES string of the molecule is COc1cc(C(=O)NC2CCCc3ccccc32)c(N(C)S(C)(=O)=O)cc1OC. The number of methoxy groups -OCH3 is 2. The standard InChI is InChI=1S/C21H26N2O5S/c1-23(29(4,25)26)18-13-20(28-3)19(27-2)12-16(18)21(24)22-17-11-7-9-14-8-5-6-10-15(14)17/h5-6,8,10,12-13,17H,7,9,11H2,1-4H3,(H,22,24). The van der Waals surface area contributed by atoms with E-state index in [2.05, 4.69) is 11.4 Å². The van der Waals surface area contributed by atoms with Crippen LogP contribution >= 0.6 is 0 Å². The highest BCUT2D eigenvalue weighted by Crippen LogP contribution is 2.36. The first-order valence-electron chi connectivity index (χ1n) is 9.35. The fraction of sp³-hybridized carbons (Fsp3) is 0.381. The summed E-state index contributed by atoms with van der Waals surface area (Å²) in [5, 5.41) is 3.07. The molecular weight excluding hydrogens is 392 g/mol. The molecule has 156 valence electrons. The first-order valence-corrected chi connectivity index (χ1v) is 11.2. The van der Waals surface area contributed by atoms with E-state index in [1.807, 2.05) is 18.2 Å². The van der Waals surface area contributed by atoms with Crippen LogP contribution in [0.3, 0.4) is 0 Å². The van der Waals surface area contributed by atoms with E-state index >= 15 is 0 Å². The Balaban J connectivity index is 2.02. The molecule has 2 aromatic carbocycles. The lowest BCUT2D eigenvalue weighted by Gasteiger charge is -2.27. The monoisotopic (exact) mass is 418 g/mol. The van der Waals surface area contributed by atoms with E-state index in [1.54, 1.807) is 0 Å². The molecule has 0 bridgehead atoms. The average molecular weight is 419 g/mol. The molecule has 7 nitrogen and oxygen atoms in total. The van der Waals surface area contributed by atoms with Gasteiger partial charge in [0.05, 0.1) is 37.8 Å². The third-order valence-corrected chi connectivity index (χ3v) is 6.45. The predicted molar refractivity (Wildman–Crippen MR) is 112 cm³/mol. The summed E-state index contributed by atoms with van der Waals surface area (Å²) in [6.07, 6.45) is 3.88. The summed E-state index contributed by atoms with van der Waals surface area (Å²) < 4.78 is 36.0. The number of hydrogen-bond acceptors (Lipinski definition) is 5. The Morgan fingerprint density at radius 2 is 1.79 bits per heavy atom. The van der Waals surface area contributed by atoms with Crippen molar-refractivity contribution in [3.05, 3.63) is 53.1 Å². The van der Waals surface area contributed by atoms with Crippen molar-refractivity contribution < 1.29 is 22.7 Å². The van der Waals surface area contributed by atoms with Crippen LogP contribution in [0.15, 0.2) is 36.4 Å². The van der Waals surface area contributed by atoms with Gasteiger partial charge in [0.25, 0.3) is 5.91 Å². The Morgan fingerprint density at radius 1 is 1.14 bits per heavy atom. The zero-order valence-corrected chi connectivity index (χ0v) is 17.9. The number of amides is 1. The topological polar surface area (TPSA) is 84.9 Å². The van der Waals surface area contributed by atoms with E-state index in [4.69, 9.17) is 9.47 Å². The van der Waals surface area contributed by atoms with E-state index in [-0.39, 0.29) is 23.2 Å². The van der Waals surface area contributed by atoms with Gasteiger partial charge in [0.2, 0.25) is 10.0 Å². The number of ether oxygens (including phenoxy) is 2. The van der Waals surface area contributed by atoms with Gasteiger partial charge >= 0.3 is 0 Å². The summed E-state index contributed by atoms with van der Waals surface area (Å²) in [6, 6.07) is 10.9. The van der Waals surface area contributed by atoms with Gasteiger partial charge in [-0.3, -0.25) is 9.10 Å². The quantitative estimate of drug-likeness (QED) is 0.780. The molecule has 1 aliphatic rings. The van der Waals surface area contributed by atoms with Crippen LogP contribution in [0, 0.1) is 0 Å². The largest absolute Gasteiger partial charge is 0.493 e. The minimum atomic E-state index is -3.58. The Bertz CT molecular complexity index is 1020. The van der Waals surface area contributed by atoms with Gasteiger partial charge in [0.1, 0.15) is 0 Å². The van der Waals surface area contributed by atoms with Gasteiger partial charge in [-0.15, -0.1) is 0 Å². The summed E-state index contributed by atoms with van der Waals surface area (Å²) >= 11 is 0. The van der Waals surface area contributed by atoms with Crippen LogP contribution in [-0.2, 0) is 16.4 Å². The molecule has 1 amide bonds. The minimum absolute atomic E-state index is 0.128. The van der Waals surface area contributed by atoms with Crippen molar-refractivity contribution in [2.24, 2.45) is 0 Å². The number of benzene rings is 2. The number of rotatable bonds is 6. The smallest absolute Gasteiger partial charge is 0.254 e. The molecule has 0 saturated heterocycles. The van der Waals surface area contributed by atoms with Crippen LogP contribution in [0.5, 0.6) is 11.5 Å². The number of nitrogens with zero attached hydrogens (tertiary/aromatic N) is 1. The lowest BCUT2D eigenvalue weighted by molar-refractivity contribution is 0.0933. The maximum absolute atomic E-state index is 13.2.